The molecule has 0 aromatic rings. The maximum atomic E-state index is 9.55. The van der Waals surface area contributed by atoms with Crippen molar-refractivity contribution in [2.45, 2.75) is 52.1 Å². The molecule has 1 N–H and O–H groups in total. The normalized spacial score (nSPS) is 18.4. The van der Waals surface area contributed by atoms with Crippen LogP contribution in [0.15, 0.2) is 11.6 Å². The number of aliphatic hydroxyl groups is 1. The van der Waals surface area contributed by atoms with Gasteiger partial charge in [-0.05, 0) is 43.6 Å². The minimum atomic E-state index is -0.446. The van der Waals surface area contributed by atoms with Gasteiger partial charge in [0.05, 0.1) is 0 Å². The summed E-state index contributed by atoms with van der Waals surface area (Å²) in [7, 11) is 0. The number of hydrogen-bond acceptors (Lipinski definition) is 1. The predicted octanol–water partition coefficient (Wildman–Crippen LogP) is 2.90. The maximum absolute atomic E-state index is 9.55. The van der Waals surface area contributed by atoms with Gasteiger partial charge in [0.25, 0.3) is 0 Å². The third-order valence-corrected chi connectivity index (χ3v) is 2.38. The van der Waals surface area contributed by atoms with Crippen LogP contribution >= 0.6 is 0 Å². The summed E-state index contributed by atoms with van der Waals surface area (Å²) in [6.45, 7) is 4.20. The van der Waals surface area contributed by atoms with E-state index in [-0.39, 0.29) is 0 Å². The average Bonchev–Trinajstić information content (AvgIpc) is 2.15. The molecule has 0 bridgehead atoms. The molecule has 0 aromatic carbocycles. The summed E-state index contributed by atoms with van der Waals surface area (Å²) in [4.78, 5) is 0. The molecular weight excluding hydrogens is 172 g/mol. The first-order valence-electron chi connectivity index (χ1n) is 5.57. The van der Waals surface area contributed by atoms with Crippen molar-refractivity contribution in [3.63, 3.8) is 0 Å². The zero-order chi connectivity index (χ0) is 10.4. The Morgan fingerprint density at radius 2 is 2.21 bits per heavy atom. The van der Waals surface area contributed by atoms with Gasteiger partial charge in [0.1, 0.15) is 6.10 Å². The van der Waals surface area contributed by atoms with E-state index in [0.29, 0.717) is 5.92 Å². The lowest BCUT2D eigenvalue weighted by atomic mass is 9.99. The van der Waals surface area contributed by atoms with Crippen molar-refractivity contribution in [1.82, 2.24) is 0 Å². The summed E-state index contributed by atoms with van der Waals surface area (Å²) in [6, 6.07) is 0. The van der Waals surface area contributed by atoms with Gasteiger partial charge in [0.15, 0.2) is 0 Å². The number of aliphatic hydroxyl groups excluding tert-OH is 1. The molecule has 1 rings (SSSR count). The second kappa shape index (κ2) is 5.88. The maximum Gasteiger partial charge on any atom is 0.115 e. The summed E-state index contributed by atoms with van der Waals surface area (Å²) in [5.74, 6) is 6.52. The molecule has 1 heteroatoms. The van der Waals surface area contributed by atoms with Gasteiger partial charge >= 0.3 is 0 Å². The van der Waals surface area contributed by atoms with Gasteiger partial charge in [-0.2, -0.15) is 0 Å². The quantitative estimate of drug-likeness (QED) is 0.667. The predicted molar refractivity (Wildman–Crippen MR) is 59.8 cm³/mol. The first-order valence-corrected chi connectivity index (χ1v) is 5.57. The zero-order valence-corrected chi connectivity index (χ0v) is 9.21. The van der Waals surface area contributed by atoms with E-state index in [2.05, 4.69) is 31.8 Å². The third-order valence-electron chi connectivity index (χ3n) is 2.38. The molecule has 1 aliphatic rings. The molecule has 1 nitrogen and oxygen atoms in total. The van der Waals surface area contributed by atoms with Crippen LogP contribution in [-0.2, 0) is 0 Å². The molecule has 0 saturated heterocycles. The Labute approximate surface area is 87.2 Å². The molecule has 0 fully saturated rings. The molecule has 0 aromatic heterocycles. The van der Waals surface area contributed by atoms with Crippen molar-refractivity contribution in [2.75, 3.05) is 0 Å². The van der Waals surface area contributed by atoms with Crippen LogP contribution in [-0.4, -0.2) is 11.2 Å². The summed E-state index contributed by atoms with van der Waals surface area (Å²) < 4.78 is 0. The third kappa shape index (κ3) is 4.48. The highest BCUT2D eigenvalue weighted by Crippen LogP contribution is 2.16. The summed E-state index contributed by atoms with van der Waals surface area (Å²) in [5.41, 5.74) is 1.22. The van der Waals surface area contributed by atoms with Crippen molar-refractivity contribution in [3.8, 4) is 11.8 Å². The van der Waals surface area contributed by atoms with Gasteiger partial charge in [-0.3, -0.25) is 0 Å². The zero-order valence-electron chi connectivity index (χ0n) is 9.21. The fraction of sp³-hybridized carbons (Fsp3) is 0.692. The highest BCUT2D eigenvalue weighted by Gasteiger charge is 2.03. The molecule has 0 radical (unpaired) electrons. The lowest BCUT2D eigenvalue weighted by Gasteiger charge is -2.08. The number of allylic oxidation sites excluding steroid dienone is 2. The van der Waals surface area contributed by atoms with Crippen molar-refractivity contribution >= 4 is 0 Å². The van der Waals surface area contributed by atoms with Gasteiger partial charge in [-0.1, -0.05) is 31.8 Å². The lowest BCUT2D eigenvalue weighted by Crippen LogP contribution is -2.06. The van der Waals surface area contributed by atoms with Crippen LogP contribution in [0.3, 0.4) is 0 Å². The fourth-order valence-electron chi connectivity index (χ4n) is 1.63. The van der Waals surface area contributed by atoms with Gasteiger partial charge in [-0.15, -0.1) is 0 Å². The topological polar surface area (TPSA) is 20.2 Å². The summed E-state index contributed by atoms with van der Waals surface area (Å²) in [5, 5.41) is 9.55. The smallest absolute Gasteiger partial charge is 0.115 e. The standard InChI is InChI=1S/C13H20O/c1-11(2)10-13(14)9-8-12-6-4-3-5-7-12/h6,11,13-14H,3-5,7,10H2,1-2H3. The first kappa shape index (κ1) is 11.3. The van der Waals surface area contributed by atoms with Gasteiger partial charge in [0.2, 0.25) is 0 Å². The van der Waals surface area contributed by atoms with Crippen LogP contribution in [0.5, 0.6) is 0 Å². The van der Waals surface area contributed by atoms with Crippen LogP contribution in [0.2, 0.25) is 0 Å². The van der Waals surface area contributed by atoms with E-state index in [1.54, 1.807) is 0 Å². The molecule has 0 saturated carbocycles. The number of hydrogen-bond donors (Lipinski definition) is 1. The lowest BCUT2D eigenvalue weighted by molar-refractivity contribution is 0.204. The Morgan fingerprint density at radius 3 is 2.79 bits per heavy atom. The molecule has 1 unspecified atom stereocenters. The first-order chi connectivity index (χ1) is 6.68. The number of rotatable bonds is 2. The second-order valence-corrected chi connectivity index (χ2v) is 4.39. The van der Waals surface area contributed by atoms with Crippen LogP contribution < -0.4 is 0 Å². The highest BCUT2D eigenvalue weighted by molar-refractivity contribution is 5.30. The van der Waals surface area contributed by atoms with E-state index < -0.39 is 6.10 Å². The van der Waals surface area contributed by atoms with Gasteiger partial charge < -0.3 is 5.11 Å². The van der Waals surface area contributed by atoms with Crippen LogP contribution in [0.25, 0.3) is 0 Å². The van der Waals surface area contributed by atoms with E-state index in [0.717, 1.165) is 19.3 Å². The monoisotopic (exact) mass is 192 g/mol. The Balaban J connectivity index is 2.41. The van der Waals surface area contributed by atoms with Crippen molar-refractivity contribution < 1.29 is 5.11 Å². The molecule has 0 spiro atoms. The van der Waals surface area contributed by atoms with E-state index in [1.807, 2.05) is 0 Å². The average molecular weight is 192 g/mol. The summed E-state index contributed by atoms with van der Waals surface area (Å²) in [6.07, 6.45) is 7.34. The molecule has 1 aliphatic carbocycles. The van der Waals surface area contributed by atoms with Crippen molar-refractivity contribution in [3.05, 3.63) is 11.6 Å². The molecule has 1 atom stereocenters. The second-order valence-electron chi connectivity index (χ2n) is 4.39. The highest BCUT2D eigenvalue weighted by atomic mass is 16.3. The minimum Gasteiger partial charge on any atom is -0.380 e. The Bertz CT molecular complexity index is 252. The van der Waals surface area contributed by atoms with Crippen LogP contribution in [0.1, 0.15) is 46.0 Å². The molecule has 0 amide bonds. The molecule has 78 valence electrons. The van der Waals surface area contributed by atoms with E-state index in [1.165, 1.54) is 18.4 Å². The largest absolute Gasteiger partial charge is 0.380 e. The fourth-order valence-corrected chi connectivity index (χ4v) is 1.63. The Kier molecular flexibility index (Phi) is 4.76. The SMILES string of the molecule is CC(C)CC(O)C#CC1=CCCCC1. The molecule has 0 aliphatic heterocycles. The Hall–Kier alpha value is -0.740. The van der Waals surface area contributed by atoms with Crippen molar-refractivity contribution in [1.29, 1.82) is 0 Å². The van der Waals surface area contributed by atoms with Crippen molar-refractivity contribution in [2.24, 2.45) is 5.92 Å². The van der Waals surface area contributed by atoms with E-state index in [4.69, 9.17) is 0 Å². The Morgan fingerprint density at radius 1 is 1.43 bits per heavy atom. The molecule has 0 heterocycles. The molecule has 14 heavy (non-hydrogen) atoms. The van der Waals surface area contributed by atoms with E-state index >= 15 is 0 Å². The minimum absolute atomic E-state index is 0.446. The summed E-state index contributed by atoms with van der Waals surface area (Å²) >= 11 is 0. The molecular formula is C13H20O. The van der Waals surface area contributed by atoms with Gasteiger partial charge in [-0.25, -0.2) is 0 Å². The van der Waals surface area contributed by atoms with Gasteiger partial charge in [0, 0.05) is 0 Å². The van der Waals surface area contributed by atoms with Crippen LogP contribution in [0.4, 0.5) is 0 Å². The van der Waals surface area contributed by atoms with Crippen LogP contribution in [0, 0.1) is 17.8 Å². The van der Waals surface area contributed by atoms with E-state index in [9.17, 15) is 5.11 Å².